The molecule has 0 radical (unpaired) electrons. The molecule has 2 aliphatic rings. The van der Waals surface area contributed by atoms with Crippen molar-refractivity contribution in [2.45, 2.75) is 50.0 Å². The van der Waals surface area contributed by atoms with E-state index in [1.807, 2.05) is 6.07 Å². The third kappa shape index (κ3) is 4.37. The lowest BCUT2D eigenvalue weighted by molar-refractivity contribution is -0.125. The van der Waals surface area contributed by atoms with Crippen LogP contribution in [-0.2, 0) is 4.79 Å². The molecule has 154 valence electrons. The Balaban J connectivity index is 1.43. The van der Waals surface area contributed by atoms with Crippen LogP contribution in [0.2, 0.25) is 0 Å². The average Bonchev–Trinajstić information content (AvgIpc) is 3.54. The number of pyridine rings is 2. The Labute approximate surface area is 167 Å². The van der Waals surface area contributed by atoms with E-state index in [-0.39, 0.29) is 31.0 Å². The smallest absolute Gasteiger partial charge is 0.257 e. The number of aromatic nitrogens is 2. The van der Waals surface area contributed by atoms with Gasteiger partial charge in [-0.1, -0.05) is 12.1 Å². The van der Waals surface area contributed by atoms with Crippen LogP contribution in [0.25, 0.3) is 0 Å². The van der Waals surface area contributed by atoms with Gasteiger partial charge in [-0.25, -0.2) is 13.8 Å². The van der Waals surface area contributed by atoms with Crippen molar-refractivity contribution in [2.24, 2.45) is 0 Å². The largest absolute Gasteiger partial charge is 0.329 e. The topological polar surface area (TPSA) is 78.1 Å². The monoisotopic (exact) mass is 402 g/mol. The van der Waals surface area contributed by atoms with Gasteiger partial charge in [-0.05, 0) is 42.9 Å². The highest BCUT2D eigenvalue weighted by Crippen LogP contribution is 2.41. The second-order valence-electron chi connectivity index (χ2n) is 7.96. The number of halogens is 2. The van der Waals surface area contributed by atoms with Crippen LogP contribution in [0.4, 0.5) is 14.6 Å². The standard InChI is InChI=1S/C21H24F2N4O2/c1-13(20(29)26-18-6-4-15(10-24-18)14-2-3-14)27-9-8-21(22,23)17(12-27)16-5-7-19(28)25-11-16/h4-7,10-11,13-14,17H,2-3,8-9,12H2,1H3,(H,25,28)(H,24,26,29)/t13?,17-/m1/s1. The number of alkyl halides is 2. The molecule has 2 atom stereocenters. The number of hydrogen-bond donors (Lipinski definition) is 2. The third-order valence-electron chi connectivity index (χ3n) is 5.88. The summed E-state index contributed by atoms with van der Waals surface area (Å²) in [5.41, 5.74) is 1.21. The van der Waals surface area contributed by atoms with Gasteiger partial charge < -0.3 is 10.3 Å². The fraction of sp³-hybridized carbons (Fsp3) is 0.476. The van der Waals surface area contributed by atoms with Gasteiger partial charge in [0, 0.05) is 38.0 Å². The number of amides is 1. The molecule has 1 saturated carbocycles. The summed E-state index contributed by atoms with van der Waals surface area (Å²) in [6.07, 6.45) is 5.13. The lowest BCUT2D eigenvalue weighted by Crippen LogP contribution is -2.52. The molecule has 29 heavy (non-hydrogen) atoms. The van der Waals surface area contributed by atoms with E-state index in [0.717, 1.165) is 0 Å². The van der Waals surface area contributed by atoms with E-state index in [4.69, 9.17) is 0 Å². The van der Waals surface area contributed by atoms with Gasteiger partial charge in [0.25, 0.3) is 5.92 Å². The highest BCUT2D eigenvalue weighted by Gasteiger charge is 2.46. The van der Waals surface area contributed by atoms with Gasteiger partial charge in [0.15, 0.2) is 0 Å². The number of likely N-dealkylation sites (tertiary alicyclic amines) is 1. The molecule has 3 heterocycles. The van der Waals surface area contributed by atoms with Gasteiger partial charge in [-0.3, -0.25) is 14.5 Å². The molecule has 8 heteroatoms. The zero-order valence-electron chi connectivity index (χ0n) is 16.2. The van der Waals surface area contributed by atoms with E-state index < -0.39 is 17.9 Å². The quantitative estimate of drug-likeness (QED) is 0.806. The Hall–Kier alpha value is -2.61. The van der Waals surface area contributed by atoms with Crippen LogP contribution in [0.15, 0.2) is 41.5 Å². The summed E-state index contributed by atoms with van der Waals surface area (Å²) in [4.78, 5) is 32.4. The molecule has 0 aromatic carbocycles. The fourth-order valence-corrected chi connectivity index (χ4v) is 3.80. The van der Waals surface area contributed by atoms with Gasteiger partial charge in [-0.2, -0.15) is 0 Å². The zero-order chi connectivity index (χ0) is 20.6. The number of hydrogen-bond acceptors (Lipinski definition) is 4. The van der Waals surface area contributed by atoms with Gasteiger partial charge in [0.1, 0.15) is 5.82 Å². The molecule has 0 spiro atoms. The third-order valence-corrected chi connectivity index (χ3v) is 5.88. The van der Waals surface area contributed by atoms with Gasteiger partial charge >= 0.3 is 0 Å². The molecule has 2 aromatic rings. The first-order valence-electron chi connectivity index (χ1n) is 9.91. The Morgan fingerprint density at radius 2 is 2.03 bits per heavy atom. The predicted octanol–water partition coefficient (Wildman–Crippen LogP) is 3.10. The molecule has 4 rings (SSSR count). The summed E-state index contributed by atoms with van der Waals surface area (Å²) in [6, 6.07) is 5.85. The number of carbonyl (C=O) groups is 1. The van der Waals surface area contributed by atoms with Crippen molar-refractivity contribution in [3.8, 4) is 0 Å². The van der Waals surface area contributed by atoms with Crippen molar-refractivity contribution in [1.29, 1.82) is 0 Å². The van der Waals surface area contributed by atoms with Crippen molar-refractivity contribution in [3.05, 3.63) is 58.1 Å². The molecule has 2 N–H and O–H groups in total. The SMILES string of the molecule is CC(C(=O)Nc1ccc(C2CC2)cn1)N1CCC(F)(F)[C@@H](c2ccc(=O)[nH]c2)C1. The Bertz CT molecular complexity index is 920. The first kappa shape index (κ1) is 19.7. The van der Waals surface area contributed by atoms with Crippen LogP contribution in [-0.4, -0.2) is 45.8 Å². The first-order chi connectivity index (χ1) is 13.8. The number of rotatable bonds is 5. The number of piperidine rings is 1. The molecule has 1 saturated heterocycles. The van der Waals surface area contributed by atoms with Crippen molar-refractivity contribution in [1.82, 2.24) is 14.9 Å². The summed E-state index contributed by atoms with van der Waals surface area (Å²) in [6.45, 7) is 1.86. The summed E-state index contributed by atoms with van der Waals surface area (Å²) in [5, 5.41) is 2.78. The number of H-pyrrole nitrogens is 1. The van der Waals surface area contributed by atoms with E-state index in [9.17, 15) is 18.4 Å². The normalized spacial score (nSPS) is 22.8. The van der Waals surface area contributed by atoms with E-state index >= 15 is 0 Å². The maximum Gasteiger partial charge on any atom is 0.257 e. The summed E-state index contributed by atoms with van der Waals surface area (Å²) >= 11 is 0. The second-order valence-corrected chi connectivity index (χ2v) is 7.96. The van der Waals surface area contributed by atoms with Crippen LogP contribution in [0.1, 0.15) is 49.1 Å². The molecule has 2 aromatic heterocycles. The van der Waals surface area contributed by atoms with Crippen LogP contribution >= 0.6 is 0 Å². The minimum Gasteiger partial charge on any atom is -0.329 e. The molecule has 6 nitrogen and oxygen atoms in total. The zero-order valence-corrected chi connectivity index (χ0v) is 16.2. The molecule has 0 bridgehead atoms. The Morgan fingerprint density at radius 3 is 2.66 bits per heavy atom. The maximum atomic E-state index is 14.5. The second kappa shape index (κ2) is 7.67. The van der Waals surface area contributed by atoms with Crippen molar-refractivity contribution < 1.29 is 13.6 Å². The number of anilines is 1. The van der Waals surface area contributed by atoms with Gasteiger partial charge in [0.2, 0.25) is 11.5 Å². The van der Waals surface area contributed by atoms with E-state index in [0.29, 0.717) is 17.3 Å². The van der Waals surface area contributed by atoms with Crippen molar-refractivity contribution in [2.75, 3.05) is 18.4 Å². The summed E-state index contributed by atoms with van der Waals surface area (Å²) in [5.74, 6) is -3.20. The summed E-state index contributed by atoms with van der Waals surface area (Å²) in [7, 11) is 0. The van der Waals surface area contributed by atoms with Gasteiger partial charge in [-0.15, -0.1) is 0 Å². The van der Waals surface area contributed by atoms with Crippen molar-refractivity contribution >= 4 is 11.7 Å². The van der Waals surface area contributed by atoms with Crippen LogP contribution in [0.5, 0.6) is 0 Å². The minimum atomic E-state index is -2.90. The fourth-order valence-electron chi connectivity index (χ4n) is 3.80. The predicted molar refractivity (Wildman–Crippen MR) is 105 cm³/mol. The van der Waals surface area contributed by atoms with E-state index in [1.165, 1.54) is 36.7 Å². The molecule has 1 unspecified atom stereocenters. The molecular formula is C21H24F2N4O2. The number of nitrogens with zero attached hydrogens (tertiary/aromatic N) is 2. The Morgan fingerprint density at radius 1 is 1.28 bits per heavy atom. The van der Waals surface area contributed by atoms with E-state index in [1.54, 1.807) is 24.1 Å². The average molecular weight is 402 g/mol. The molecular weight excluding hydrogens is 378 g/mol. The maximum absolute atomic E-state index is 14.5. The lowest BCUT2D eigenvalue weighted by atomic mass is 9.87. The number of nitrogens with one attached hydrogen (secondary N) is 2. The van der Waals surface area contributed by atoms with Crippen LogP contribution in [0, 0.1) is 0 Å². The number of carbonyl (C=O) groups excluding carboxylic acids is 1. The van der Waals surface area contributed by atoms with Crippen LogP contribution in [0.3, 0.4) is 0 Å². The summed E-state index contributed by atoms with van der Waals surface area (Å²) < 4.78 is 29.0. The van der Waals surface area contributed by atoms with E-state index in [2.05, 4.69) is 15.3 Å². The molecule has 1 aliphatic carbocycles. The van der Waals surface area contributed by atoms with Crippen molar-refractivity contribution in [3.63, 3.8) is 0 Å². The lowest BCUT2D eigenvalue weighted by Gasteiger charge is -2.40. The molecule has 1 amide bonds. The minimum absolute atomic E-state index is 0.0294. The van der Waals surface area contributed by atoms with Crippen LogP contribution < -0.4 is 10.9 Å². The molecule has 2 fully saturated rings. The molecule has 1 aliphatic heterocycles. The first-order valence-corrected chi connectivity index (χ1v) is 9.91. The number of aromatic amines is 1. The van der Waals surface area contributed by atoms with Gasteiger partial charge in [0.05, 0.1) is 12.0 Å². The highest BCUT2D eigenvalue weighted by atomic mass is 19.3. The Kier molecular flexibility index (Phi) is 5.21. The highest BCUT2D eigenvalue weighted by molar-refractivity contribution is 5.93.